The number of rotatable bonds is 2. The zero-order chi connectivity index (χ0) is 37.8. The summed E-state index contributed by atoms with van der Waals surface area (Å²) in [5.41, 5.74) is 14.3. The van der Waals surface area contributed by atoms with Gasteiger partial charge in [0.1, 0.15) is 11.5 Å². The Morgan fingerprint density at radius 3 is 0.732 bits per heavy atom. The average Bonchev–Trinajstić information content (AvgIpc) is 3.17. The quantitative estimate of drug-likeness (QED) is 0.176. The molecule has 284 valence electrons. The summed E-state index contributed by atoms with van der Waals surface area (Å²) >= 11 is 0. The molecule has 8 heteroatoms. The molecule has 8 nitrogen and oxygen atoms in total. The molecule has 4 aromatic carbocycles. The van der Waals surface area contributed by atoms with Crippen LogP contribution in [0, 0.1) is 0 Å². The molecule has 10 rings (SSSR count). The number of aromatic nitrogens is 2. The minimum atomic E-state index is 0.698. The van der Waals surface area contributed by atoms with Gasteiger partial charge in [-0.1, -0.05) is 97.1 Å². The molecule has 0 aliphatic carbocycles. The lowest BCUT2D eigenvalue weighted by molar-refractivity contribution is 0.229. The lowest BCUT2D eigenvalue weighted by atomic mass is 10.0. The van der Waals surface area contributed by atoms with Crippen molar-refractivity contribution in [2.75, 3.05) is 14.2 Å². The lowest BCUT2D eigenvalue weighted by Gasteiger charge is -2.28. The summed E-state index contributed by atoms with van der Waals surface area (Å²) in [6, 6.07) is 45.0. The van der Waals surface area contributed by atoms with Gasteiger partial charge in [-0.2, -0.15) is 0 Å². The minimum absolute atomic E-state index is 0.698. The van der Waals surface area contributed by atoms with Crippen LogP contribution in [0.1, 0.15) is 67.3 Å². The standard InChI is InChI=1S/C48H50N6O2/c1-55-47-19-43-31-51-23-35-7-3-11-39(15-35)27-53-28-40-12-5-9-37(17-40)25-52(32-44(20-47)49-43)26-38-10-6-14-42(18-38)30-54(29-41-13-4-8-36(16-41)24-51)34-46-22-48(56-2)21-45(33-53)50-46/h3-22H,23-34H2,1-2H3. The molecule has 0 saturated carbocycles. The molecule has 6 heterocycles. The first-order valence-corrected chi connectivity index (χ1v) is 19.8. The van der Waals surface area contributed by atoms with Crippen molar-refractivity contribution < 1.29 is 9.47 Å². The molecule has 0 N–H and O–H groups in total. The topological polar surface area (TPSA) is 57.2 Å². The normalized spacial score (nSPS) is 20.9. The fourth-order valence-electron chi connectivity index (χ4n) is 8.76. The van der Waals surface area contributed by atoms with Crippen LogP contribution >= 0.6 is 0 Å². The van der Waals surface area contributed by atoms with Gasteiger partial charge in [-0.3, -0.25) is 29.6 Å². The highest BCUT2D eigenvalue weighted by Gasteiger charge is 2.20. The molecule has 16 bridgehead atoms. The van der Waals surface area contributed by atoms with Crippen LogP contribution in [0.3, 0.4) is 0 Å². The molecule has 0 fully saturated rings. The van der Waals surface area contributed by atoms with Gasteiger partial charge in [-0.05, 0) is 44.5 Å². The van der Waals surface area contributed by atoms with Crippen molar-refractivity contribution >= 4 is 0 Å². The Bertz CT molecular complexity index is 1930. The van der Waals surface area contributed by atoms with Crippen LogP contribution in [0.2, 0.25) is 0 Å². The Hall–Kier alpha value is -5.38. The van der Waals surface area contributed by atoms with Gasteiger partial charge in [0.15, 0.2) is 0 Å². The van der Waals surface area contributed by atoms with Gasteiger partial charge in [-0.25, -0.2) is 0 Å². The summed E-state index contributed by atoms with van der Waals surface area (Å²) in [6.07, 6.45) is 0. The molecule has 0 spiro atoms. The minimum Gasteiger partial charge on any atom is -0.497 e. The van der Waals surface area contributed by atoms with Crippen LogP contribution in [0.4, 0.5) is 0 Å². The lowest BCUT2D eigenvalue weighted by Crippen LogP contribution is -2.27. The number of nitrogens with zero attached hydrogens (tertiary/aromatic N) is 6. The van der Waals surface area contributed by atoms with E-state index in [0.717, 1.165) is 86.6 Å². The zero-order valence-corrected chi connectivity index (χ0v) is 32.5. The van der Waals surface area contributed by atoms with Crippen LogP contribution < -0.4 is 9.47 Å². The third-order valence-electron chi connectivity index (χ3n) is 11.0. The zero-order valence-electron chi connectivity index (χ0n) is 32.5. The predicted octanol–water partition coefficient (Wildman–Crippen LogP) is 8.24. The maximum absolute atomic E-state index is 5.92. The summed E-state index contributed by atoms with van der Waals surface area (Å²) < 4.78 is 11.8. The van der Waals surface area contributed by atoms with Gasteiger partial charge in [0.25, 0.3) is 0 Å². The maximum Gasteiger partial charge on any atom is 0.122 e. The SMILES string of the molecule is COc1cc2nc(c1)CN1Cc3cccc(c3)CN3Cc4cccc(c4)CN(Cc4cccc(c4)CN(Cc4cccc(c4)C1)Cc1cc(OC)cc(n1)C3)C2. The van der Waals surface area contributed by atoms with E-state index in [1.54, 1.807) is 14.2 Å². The number of ether oxygens (including phenoxy) is 2. The first kappa shape index (κ1) is 36.3. The van der Waals surface area contributed by atoms with Crippen molar-refractivity contribution in [3.63, 3.8) is 0 Å². The summed E-state index contributed by atoms with van der Waals surface area (Å²) in [5, 5.41) is 0. The highest BCUT2D eigenvalue weighted by Crippen LogP contribution is 2.26. The van der Waals surface area contributed by atoms with Gasteiger partial charge in [0.2, 0.25) is 0 Å². The number of pyridine rings is 2. The Kier molecular flexibility index (Phi) is 10.6. The van der Waals surface area contributed by atoms with Crippen LogP contribution in [0.25, 0.3) is 0 Å². The van der Waals surface area contributed by atoms with E-state index in [2.05, 4.69) is 141 Å². The molecule has 0 atom stereocenters. The third kappa shape index (κ3) is 9.01. The second kappa shape index (κ2) is 16.4. The Morgan fingerprint density at radius 1 is 0.321 bits per heavy atom. The van der Waals surface area contributed by atoms with Crippen molar-refractivity contribution in [2.45, 2.75) is 78.5 Å². The average molecular weight is 743 g/mol. The number of benzene rings is 4. The van der Waals surface area contributed by atoms with Gasteiger partial charge < -0.3 is 9.47 Å². The van der Waals surface area contributed by atoms with E-state index in [1.807, 2.05) is 0 Å². The van der Waals surface area contributed by atoms with Crippen LogP contribution in [0.15, 0.2) is 121 Å². The van der Waals surface area contributed by atoms with Crippen molar-refractivity contribution in [2.24, 2.45) is 0 Å². The largest absolute Gasteiger partial charge is 0.497 e. The summed E-state index contributed by atoms with van der Waals surface area (Å²) in [5.74, 6) is 1.69. The molecule has 0 saturated heterocycles. The van der Waals surface area contributed by atoms with E-state index in [0.29, 0.717) is 26.2 Å². The van der Waals surface area contributed by atoms with E-state index < -0.39 is 0 Å². The van der Waals surface area contributed by atoms with Crippen LogP contribution in [-0.2, 0) is 78.5 Å². The summed E-state index contributed by atoms with van der Waals surface area (Å²) in [7, 11) is 3.52. The fraction of sp³-hybridized carbons (Fsp3) is 0.292. The number of hydrogen-bond donors (Lipinski definition) is 0. The van der Waals surface area contributed by atoms with Gasteiger partial charge in [-0.15, -0.1) is 0 Å². The molecule has 4 aliphatic heterocycles. The molecule has 4 aliphatic rings. The second-order valence-electron chi connectivity index (χ2n) is 15.8. The van der Waals surface area contributed by atoms with Crippen molar-refractivity contribution in [3.8, 4) is 11.5 Å². The Labute approximate surface area is 331 Å². The number of hydrogen-bond acceptors (Lipinski definition) is 8. The molecule has 0 unspecified atom stereocenters. The molecular weight excluding hydrogens is 693 g/mol. The van der Waals surface area contributed by atoms with Crippen LogP contribution in [-0.4, -0.2) is 43.8 Å². The van der Waals surface area contributed by atoms with E-state index in [1.165, 1.54) is 44.5 Å². The van der Waals surface area contributed by atoms with E-state index >= 15 is 0 Å². The van der Waals surface area contributed by atoms with Crippen molar-refractivity contribution in [3.05, 3.63) is 189 Å². The van der Waals surface area contributed by atoms with Gasteiger partial charge in [0, 0.05) is 103 Å². The summed E-state index contributed by atoms with van der Waals surface area (Å²) in [4.78, 5) is 20.8. The number of methoxy groups -OCH3 is 2. The van der Waals surface area contributed by atoms with E-state index in [9.17, 15) is 0 Å². The fourth-order valence-corrected chi connectivity index (χ4v) is 8.76. The van der Waals surface area contributed by atoms with E-state index in [4.69, 9.17) is 19.4 Å². The van der Waals surface area contributed by atoms with Gasteiger partial charge >= 0.3 is 0 Å². The first-order valence-electron chi connectivity index (χ1n) is 19.8. The second-order valence-corrected chi connectivity index (χ2v) is 15.8. The third-order valence-corrected chi connectivity index (χ3v) is 11.0. The molecule has 0 radical (unpaired) electrons. The van der Waals surface area contributed by atoms with Crippen molar-refractivity contribution in [1.82, 2.24) is 29.6 Å². The predicted molar refractivity (Wildman–Crippen MR) is 219 cm³/mol. The maximum atomic E-state index is 5.92. The Balaban J connectivity index is 1.26. The van der Waals surface area contributed by atoms with Gasteiger partial charge in [0.05, 0.1) is 37.0 Å². The molecule has 6 aromatic rings. The molecule has 56 heavy (non-hydrogen) atoms. The van der Waals surface area contributed by atoms with Crippen molar-refractivity contribution in [1.29, 1.82) is 0 Å². The highest BCUT2D eigenvalue weighted by molar-refractivity contribution is 5.33. The highest BCUT2D eigenvalue weighted by atomic mass is 16.5. The van der Waals surface area contributed by atoms with Crippen LogP contribution in [0.5, 0.6) is 11.5 Å². The van der Waals surface area contributed by atoms with E-state index in [-0.39, 0.29) is 0 Å². The monoisotopic (exact) mass is 742 g/mol. The molecule has 2 aromatic heterocycles. The summed E-state index contributed by atoms with van der Waals surface area (Å²) in [6.45, 7) is 9.14. The Morgan fingerprint density at radius 2 is 0.536 bits per heavy atom. The smallest absolute Gasteiger partial charge is 0.122 e. The molecule has 0 amide bonds. The first-order chi connectivity index (χ1) is 27.5. The molecular formula is C48H50N6O2.